The summed E-state index contributed by atoms with van der Waals surface area (Å²) >= 11 is 6.22. The fourth-order valence-corrected chi connectivity index (χ4v) is 3.36. The Morgan fingerprint density at radius 3 is 2.85 bits per heavy atom. The van der Waals surface area contributed by atoms with Gasteiger partial charge in [-0.05, 0) is 42.2 Å². The van der Waals surface area contributed by atoms with Crippen molar-refractivity contribution in [3.05, 3.63) is 70.9 Å². The highest BCUT2D eigenvalue weighted by Gasteiger charge is 2.43. The number of nitrogens with zero attached hydrogens (tertiary/aromatic N) is 2. The fourth-order valence-electron chi connectivity index (χ4n) is 3.17. The quantitative estimate of drug-likeness (QED) is 0.411. The van der Waals surface area contributed by atoms with Gasteiger partial charge in [-0.25, -0.2) is 10.4 Å². The minimum Gasteiger partial charge on any atom is -0.497 e. The lowest BCUT2D eigenvalue weighted by Gasteiger charge is -2.05. The Kier molecular flexibility index (Phi) is 4.77. The highest BCUT2D eigenvalue weighted by molar-refractivity contribution is 6.32. The molecule has 27 heavy (non-hydrogen) atoms. The third-order valence-electron chi connectivity index (χ3n) is 4.74. The van der Waals surface area contributed by atoms with Crippen LogP contribution in [0.4, 0.5) is 0 Å². The lowest BCUT2D eigenvalue weighted by molar-refractivity contribution is -0.122. The Balaban J connectivity index is 1.44. The summed E-state index contributed by atoms with van der Waals surface area (Å²) in [5, 5.41) is 5.28. The third kappa shape index (κ3) is 3.78. The lowest BCUT2D eigenvalue weighted by atomic mass is 10.1. The smallest absolute Gasteiger partial charge is 0.243 e. The normalized spacial score (nSPS) is 18.6. The first kappa shape index (κ1) is 17.5. The number of carbonyl (C=O) groups is 1. The van der Waals surface area contributed by atoms with Crippen LogP contribution in [0, 0.1) is 5.92 Å². The molecule has 1 aliphatic rings. The van der Waals surface area contributed by atoms with Crippen LogP contribution in [-0.2, 0) is 4.79 Å². The van der Waals surface area contributed by atoms with Crippen LogP contribution in [0.2, 0.25) is 5.15 Å². The van der Waals surface area contributed by atoms with Gasteiger partial charge in [0.15, 0.2) is 0 Å². The van der Waals surface area contributed by atoms with Gasteiger partial charge in [-0.1, -0.05) is 41.9 Å². The standard InChI is InChI=1S/C21H18ClN3O2/c1-27-16-7-8-19-14(10-16)9-15(20(22)24-19)12-23-25-21(26)18-11-17(18)13-5-3-2-4-6-13/h2-10,12,17-18H,11H2,1H3,(H,25,26)/t17-,18+/m1/s1. The Morgan fingerprint density at radius 2 is 2.07 bits per heavy atom. The molecule has 0 aliphatic heterocycles. The Labute approximate surface area is 162 Å². The highest BCUT2D eigenvalue weighted by Crippen LogP contribution is 2.47. The largest absolute Gasteiger partial charge is 0.497 e. The summed E-state index contributed by atoms with van der Waals surface area (Å²) in [5.41, 5.74) is 5.20. The number of hydrazone groups is 1. The monoisotopic (exact) mass is 379 g/mol. The molecule has 1 amide bonds. The summed E-state index contributed by atoms with van der Waals surface area (Å²) < 4.78 is 5.23. The Hall–Kier alpha value is -2.92. The van der Waals surface area contributed by atoms with E-state index in [-0.39, 0.29) is 17.7 Å². The number of nitrogens with one attached hydrogen (secondary N) is 1. The molecule has 0 unspecified atom stereocenters. The molecule has 0 bridgehead atoms. The van der Waals surface area contributed by atoms with Crippen molar-refractivity contribution in [1.29, 1.82) is 0 Å². The van der Waals surface area contributed by atoms with Gasteiger partial charge in [-0.15, -0.1) is 0 Å². The molecular weight excluding hydrogens is 362 g/mol. The molecule has 1 saturated carbocycles. The molecule has 136 valence electrons. The van der Waals surface area contributed by atoms with Gasteiger partial charge in [0.05, 0.1) is 18.8 Å². The molecule has 1 aliphatic carbocycles. The highest BCUT2D eigenvalue weighted by atomic mass is 35.5. The topological polar surface area (TPSA) is 63.6 Å². The van der Waals surface area contributed by atoms with Gasteiger partial charge in [-0.2, -0.15) is 5.10 Å². The zero-order chi connectivity index (χ0) is 18.8. The molecule has 2 atom stereocenters. The molecular formula is C21H18ClN3O2. The van der Waals surface area contributed by atoms with E-state index in [4.69, 9.17) is 16.3 Å². The predicted octanol–water partition coefficient (Wildman–Crippen LogP) is 4.15. The van der Waals surface area contributed by atoms with Crippen LogP contribution < -0.4 is 10.2 Å². The number of pyridine rings is 1. The molecule has 2 aromatic carbocycles. The second-order valence-electron chi connectivity index (χ2n) is 6.52. The van der Waals surface area contributed by atoms with Crippen LogP contribution in [0.25, 0.3) is 10.9 Å². The maximum absolute atomic E-state index is 12.3. The van der Waals surface area contributed by atoms with Crippen LogP contribution >= 0.6 is 11.6 Å². The van der Waals surface area contributed by atoms with Gasteiger partial charge in [0.1, 0.15) is 10.9 Å². The van der Waals surface area contributed by atoms with Crippen molar-refractivity contribution in [2.24, 2.45) is 11.0 Å². The molecule has 1 N–H and O–H groups in total. The molecule has 5 nitrogen and oxygen atoms in total. The Morgan fingerprint density at radius 1 is 1.26 bits per heavy atom. The first-order valence-corrected chi connectivity index (χ1v) is 9.05. The van der Waals surface area contributed by atoms with Crippen LogP contribution in [0.15, 0.2) is 59.7 Å². The molecule has 0 spiro atoms. The van der Waals surface area contributed by atoms with E-state index in [2.05, 4.69) is 27.6 Å². The number of methoxy groups -OCH3 is 1. The average Bonchev–Trinajstić information content (AvgIpc) is 3.49. The van der Waals surface area contributed by atoms with Crippen molar-refractivity contribution in [2.75, 3.05) is 7.11 Å². The first-order chi connectivity index (χ1) is 13.2. The van der Waals surface area contributed by atoms with E-state index in [9.17, 15) is 4.79 Å². The molecule has 1 aromatic heterocycles. The number of ether oxygens (including phenoxy) is 1. The van der Waals surface area contributed by atoms with Crippen LogP contribution in [-0.4, -0.2) is 24.2 Å². The van der Waals surface area contributed by atoms with E-state index in [1.807, 2.05) is 42.5 Å². The van der Waals surface area contributed by atoms with E-state index in [0.717, 1.165) is 23.1 Å². The van der Waals surface area contributed by atoms with Gasteiger partial charge in [0, 0.05) is 16.9 Å². The molecule has 6 heteroatoms. The van der Waals surface area contributed by atoms with Gasteiger partial charge in [0.2, 0.25) is 5.91 Å². The lowest BCUT2D eigenvalue weighted by Crippen LogP contribution is -2.20. The summed E-state index contributed by atoms with van der Waals surface area (Å²) in [6, 6.07) is 17.5. The summed E-state index contributed by atoms with van der Waals surface area (Å²) in [6.07, 6.45) is 2.37. The van der Waals surface area contributed by atoms with E-state index < -0.39 is 0 Å². The molecule has 0 radical (unpaired) electrons. The maximum atomic E-state index is 12.3. The fraction of sp³-hybridized carbons (Fsp3) is 0.190. The van der Waals surface area contributed by atoms with Gasteiger partial charge in [0.25, 0.3) is 0 Å². The summed E-state index contributed by atoms with van der Waals surface area (Å²) in [4.78, 5) is 16.6. The second-order valence-corrected chi connectivity index (χ2v) is 6.88. The summed E-state index contributed by atoms with van der Waals surface area (Å²) in [5.74, 6) is 0.911. The van der Waals surface area contributed by atoms with E-state index in [0.29, 0.717) is 10.7 Å². The van der Waals surface area contributed by atoms with Crippen LogP contribution in [0.5, 0.6) is 5.75 Å². The van der Waals surface area contributed by atoms with Gasteiger partial charge in [-0.3, -0.25) is 4.79 Å². The van der Waals surface area contributed by atoms with Crippen molar-refractivity contribution in [3.8, 4) is 5.75 Å². The SMILES string of the molecule is COc1ccc2nc(Cl)c(C=NNC(=O)[C@H]3C[C@@H]3c3ccccc3)cc2c1. The number of halogens is 1. The van der Waals surface area contributed by atoms with Gasteiger partial charge >= 0.3 is 0 Å². The molecule has 4 rings (SSSR count). The zero-order valence-corrected chi connectivity index (χ0v) is 15.5. The zero-order valence-electron chi connectivity index (χ0n) is 14.7. The molecule has 1 heterocycles. The number of benzene rings is 2. The van der Waals surface area contributed by atoms with Crippen molar-refractivity contribution in [3.63, 3.8) is 0 Å². The molecule has 1 fully saturated rings. The number of rotatable bonds is 5. The van der Waals surface area contributed by atoms with Crippen molar-refractivity contribution >= 4 is 34.6 Å². The minimum atomic E-state index is -0.0772. The average molecular weight is 380 g/mol. The number of amides is 1. The number of aromatic nitrogens is 1. The molecule has 3 aromatic rings. The van der Waals surface area contributed by atoms with E-state index in [1.54, 1.807) is 7.11 Å². The van der Waals surface area contributed by atoms with Crippen LogP contribution in [0.3, 0.4) is 0 Å². The number of hydrogen-bond donors (Lipinski definition) is 1. The number of fused-ring (bicyclic) bond motifs is 1. The Bertz CT molecular complexity index is 1020. The number of hydrogen-bond acceptors (Lipinski definition) is 4. The predicted molar refractivity (Wildman–Crippen MR) is 106 cm³/mol. The summed E-state index contributed by atoms with van der Waals surface area (Å²) in [6.45, 7) is 0. The number of carbonyl (C=O) groups excluding carboxylic acids is 1. The van der Waals surface area contributed by atoms with E-state index >= 15 is 0 Å². The summed E-state index contributed by atoms with van der Waals surface area (Å²) in [7, 11) is 1.61. The maximum Gasteiger partial charge on any atom is 0.243 e. The van der Waals surface area contributed by atoms with Crippen molar-refractivity contribution in [2.45, 2.75) is 12.3 Å². The minimum absolute atomic E-state index is 0.0287. The second kappa shape index (κ2) is 7.37. The van der Waals surface area contributed by atoms with Gasteiger partial charge < -0.3 is 4.74 Å². The first-order valence-electron chi connectivity index (χ1n) is 8.68. The third-order valence-corrected chi connectivity index (χ3v) is 5.04. The van der Waals surface area contributed by atoms with E-state index in [1.165, 1.54) is 11.8 Å². The van der Waals surface area contributed by atoms with Crippen molar-refractivity contribution < 1.29 is 9.53 Å². The van der Waals surface area contributed by atoms with Crippen molar-refractivity contribution in [1.82, 2.24) is 10.4 Å². The van der Waals surface area contributed by atoms with Crippen LogP contribution in [0.1, 0.15) is 23.5 Å². The molecule has 0 saturated heterocycles.